The number of halogens is 2. The van der Waals surface area contributed by atoms with Gasteiger partial charge in [0.2, 0.25) is 0 Å². The van der Waals surface area contributed by atoms with Crippen LogP contribution in [0, 0.1) is 0 Å². The second-order valence-electron chi connectivity index (χ2n) is 5.87. The van der Waals surface area contributed by atoms with Gasteiger partial charge in [0.15, 0.2) is 0 Å². The summed E-state index contributed by atoms with van der Waals surface area (Å²) in [6.07, 6.45) is 0.832. The van der Waals surface area contributed by atoms with Crippen LogP contribution in [0.15, 0.2) is 30.3 Å². The minimum absolute atomic E-state index is 0.256. The molecule has 1 aliphatic carbocycles. The van der Waals surface area contributed by atoms with Gasteiger partial charge in [0, 0.05) is 0 Å². The molecule has 0 fully saturated rings. The number of thiophene rings is 1. The van der Waals surface area contributed by atoms with Gasteiger partial charge in [-0.2, -0.15) is 0 Å². The summed E-state index contributed by atoms with van der Waals surface area (Å²) in [5.74, 6) is -0.256. The minimum atomic E-state index is -0.701. The van der Waals surface area contributed by atoms with Crippen molar-refractivity contribution in [1.82, 2.24) is 10.3 Å². The molecular weight excluding hydrogens is 367 g/mol. The Kier molecular flexibility index (Phi) is 4.04. The van der Waals surface area contributed by atoms with E-state index < -0.39 is 6.10 Å². The van der Waals surface area contributed by atoms with Gasteiger partial charge in [-0.15, -0.1) is 11.3 Å². The topological polar surface area (TPSA) is 65.1 Å². The molecule has 0 spiro atoms. The van der Waals surface area contributed by atoms with Crippen LogP contribution in [0.2, 0.25) is 9.36 Å². The second kappa shape index (κ2) is 6.08. The lowest BCUT2D eigenvalue weighted by Gasteiger charge is -2.30. The van der Waals surface area contributed by atoms with E-state index in [0.29, 0.717) is 27.0 Å². The van der Waals surface area contributed by atoms with Crippen molar-refractivity contribution in [2.45, 2.75) is 25.0 Å². The predicted octanol–water partition coefficient (Wildman–Crippen LogP) is 4.31. The summed E-state index contributed by atoms with van der Waals surface area (Å²) in [7, 11) is 0. The highest BCUT2D eigenvalue weighted by atomic mass is 35.5. The molecule has 0 saturated heterocycles. The van der Waals surface area contributed by atoms with E-state index in [9.17, 15) is 9.90 Å². The fourth-order valence-electron chi connectivity index (χ4n) is 3.17. The smallest absolute Gasteiger partial charge is 0.268 e. The number of hydrogen-bond acceptors (Lipinski definition) is 3. The fraction of sp³-hybridized carbons (Fsp3) is 0.235. The average Bonchev–Trinajstić information content (AvgIpc) is 3.10. The number of rotatable bonds is 2. The van der Waals surface area contributed by atoms with Crippen LogP contribution in [0.25, 0.3) is 10.2 Å². The number of carbonyl (C=O) groups excluding carboxylic acids is 1. The van der Waals surface area contributed by atoms with Crippen LogP contribution in [-0.4, -0.2) is 22.0 Å². The van der Waals surface area contributed by atoms with Gasteiger partial charge in [-0.3, -0.25) is 4.79 Å². The maximum absolute atomic E-state index is 12.5. The van der Waals surface area contributed by atoms with Gasteiger partial charge in [-0.05, 0) is 30.0 Å². The van der Waals surface area contributed by atoms with E-state index >= 15 is 0 Å². The lowest BCUT2D eigenvalue weighted by atomic mass is 9.86. The lowest BCUT2D eigenvalue weighted by Crippen LogP contribution is -2.42. The molecule has 0 unspecified atom stereocenters. The Morgan fingerprint density at radius 3 is 2.92 bits per heavy atom. The summed E-state index contributed by atoms with van der Waals surface area (Å²) in [6.45, 7) is 0. The maximum atomic E-state index is 12.5. The Balaban J connectivity index is 1.55. The van der Waals surface area contributed by atoms with E-state index in [4.69, 9.17) is 23.2 Å². The highest BCUT2D eigenvalue weighted by molar-refractivity contribution is 7.23. The standard InChI is InChI=1S/C17H14Cl2N2O2S/c18-13-14-12(24-16(13)19)7-11(20-14)17(23)21-10-6-5-8-3-1-2-4-9(8)15(10)22/h1-4,7,10,15,20,22H,5-6H2,(H,21,23)/t10-,15-/m1/s1. The number of H-pyrrole nitrogens is 1. The van der Waals surface area contributed by atoms with E-state index in [0.717, 1.165) is 22.2 Å². The first-order valence-corrected chi connectivity index (χ1v) is 9.15. The van der Waals surface area contributed by atoms with Gasteiger partial charge >= 0.3 is 0 Å². The summed E-state index contributed by atoms with van der Waals surface area (Å²) < 4.78 is 1.34. The molecule has 3 aromatic rings. The molecule has 2 heterocycles. The number of aliphatic hydroxyl groups excluding tert-OH is 1. The molecule has 4 rings (SSSR count). The number of aliphatic hydroxyl groups is 1. The van der Waals surface area contributed by atoms with E-state index in [2.05, 4.69) is 10.3 Å². The minimum Gasteiger partial charge on any atom is -0.386 e. The normalized spacial score (nSPS) is 20.1. The zero-order valence-electron chi connectivity index (χ0n) is 12.5. The predicted molar refractivity (Wildman–Crippen MR) is 97.2 cm³/mol. The Morgan fingerprint density at radius 1 is 1.33 bits per heavy atom. The number of aromatic nitrogens is 1. The highest BCUT2D eigenvalue weighted by Crippen LogP contribution is 2.39. The number of amides is 1. The summed E-state index contributed by atoms with van der Waals surface area (Å²) >= 11 is 13.4. The van der Waals surface area contributed by atoms with Crippen LogP contribution < -0.4 is 5.32 Å². The summed E-state index contributed by atoms with van der Waals surface area (Å²) in [4.78, 5) is 15.5. The monoisotopic (exact) mass is 380 g/mol. The van der Waals surface area contributed by atoms with Gasteiger partial charge in [0.1, 0.15) is 10.0 Å². The molecule has 1 aliphatic rings. The van der Waals surface area contributed by atoms with Gasteiger partial charge in [0.05, 0.1) is 27.4 Å². The summed E-state index contributed by atoms with van der Waals surface area (Å²) in [6, 6.07) is 9.21. The van der Waals surface area contributed by atoms with Crippen molar-refractivity contribution in [2.24, 2.45) is 0 Å². The molecule has 124 valence electrons. The third kappa shape index (κ3) is 2.62. The zero-order chi connectivity index (χ0) is 16.8. The lowest BCUT2D eigenvalue weighted by molar-refractivity contribution is 0.0795. The van der Waals surface area contributed by atoms with E-state index in [1.807, 2.05) is 24.3 Å². The highest BCUT2D eigenvalue weighted by Gasteiger charge is 2.29. The molecule has 1 aromatic carbocycles. The van der Waals surface area contributed by atoms with Crippen molar-refractivity contribution in [3.05, 3.63) is 56.5 Å². The van der Waals surface area contributed by atoms with Crippen LogP contribution in [0.3, 0.4) is 0 Å². The number of carbonyl (C=O) groups is 1. The SMILES string of the molecule is O=C(N[C@@H]1CCc2ccccc2[C@H]1O)c1cc2sc(Cl)c(Cl)c2[nH]1. The van der Waals surface area contributed by atoms with Gasteiger partial charge in [-0.1, -0.05) is 47.5 Å². The Morgan fingerprint density at radius 2 is 2.12 bits per heavy atom. The quantitative estimate of drug-likeness (QED) is 0.619. The molecule has 24 heavy (non-hydrogen) atoms. The summed E-state index contributed by atoms with van der Waals surface area (Å²) in [5.41, 5.74) is 3.11. The van der Waals surface area contributed by atoms with E-state index in [-0.39, 0.29) is 11.9 Å². The number of hydrogen-bond donors (Lipinski definition) is 3. The van der Waals surface area contributed by atoms with Gasteiger partial charge in [0.25, 0.3) is 5.91 Å². The summed E-state index contributed by atoms with van der Waals surface area (Å²) in [5, 5.41) is 13.9. The first-order chi connectivity index (χ1) is 11.5. The van der Waals surface area contributed by atoms with Crippen LogP contribution >= 0.6 is 34.5 Å². The Labute approximate surface area is 152 Å². The third-order valence-corrected chi connectivity index (χ3v) is 6.35. The van der Waals surface area contributed by atoms with E-state index in [1.54, 1.807) is 6.07 Å². The molecule has 1 amide bonds. The molecule has 4 nitrogen and oxygen atoms in total. The van der Waals surface area contributed by atoms with Gasteiger partial charge in [-0.25, -0.2) is 0 Å². The van der Waals surface area contributed by atoms with Gasteiger partial charge < -0.3 is 15.4 Å². The number of fused-ring (bicyclic) bond motifs is 2. The zero-order valence-corrected chi connectivity index (χ0v) is 14.8. The van der Waals surface area contributed by atoms with Crippen molar-refractivity contribution in [3.63, 3.8) is 0 Å². The van der Waals surface area contributed by atoms with Crippen molar-refractivity contribution in [3.8, 4) is 0 Å². The largest absolute Gasteiger partial charge is 0.386 e. The van der Waals surface area contributed by atoms with Crippen LogP contribution in [0.4, 0.5) is 0 Å². The fourth-order valence-corrected chi connectivity index (χ4v) is 4.66. The van der Waals surface area contributed by atoms with Crippen LogP contribution in [0.1, 0.15) is 34.1 Å². The van der Waals surface area contributed by atoms with Crippen molar-refractivity contribution >= 4 is 50.7 Å². The second-order valence-corrected chi connectivity index (χ2v) is 7.91. The molecule has 7 heteroatoms. The third-order valence-electron chi connectivity index (χ3n) is 4.41. The number of aromatic amines is 1. The van der Waals surface area contributed by atoms with Crippen LogP contribution in [0.5, 0.6) is 0 Å². The van der Waals surface area contributed by atoms with Crippen molar-refractivity contribution in [1.29, 1.82) is 0 Å². The van der Waals surface area contributed by atoms with Crippen LogP contribution in [-0.2, 0) is 6.42 Å². The molecule has 3 N–H and O–H groups in total. The number of aryl methyl sites for hydroxylation is 1. The Bertz CT molecular complexity index is 934. The molecule has 0 bridgehead atoms. The molecule has 0 aliphatic heterocycles. The molecule has 0 saturated carbocycles. The number of benzene rings is 1. The van der Waals surface area contributed by atoms with Crippen molar-refractivity contribution in [2.75, 3.05) is 0 Å². The Hall–Kier alpha value is -1.53. The first kappa shape index (κ1) is 16.0. The number of nitrogens with one attached hydrogen (secondary N) is 2. The molecular formula is C17H14Cl2N2O2S. The molecule has 2 atom stereocenters. The average molecular weight is 381 g/mol. The molecule has 0 radical (unpaired) electrons. The van der Waals surface area contributed by atoms with Crippen molar-refractivity contribution < 1.29 is 9.90 Å². The molecule has 2 aromatic heterocycles. The first-order valence-electron chi connectivity index (χ1n) is 7.58. The maximum Gasteiger partial charge on any atom is 0.268 e. The van der Waals surface area contributed by atoms with E-state index in [1.165, 1.54) is 11.3 Å².